The van der Waals surface area contributed by atoms with Gasteiger partial charge in [0.2, 0.25) is 0 Å². The zero-order valence-electron chi connectivity index (χ0n) is 9.40. The molecule has 0 radical (unpaired) electrons. The van der Waals surface area contributed by atoms with Gasteiger partial charge in [0.05, 0.1) is 0 Å². The number of nitrogens with one attached hydrogen (secondary N) is 1. The highest BCUT2D eigenvalue weighted by molar-refractivity contribution is 5.18. The van der Waals surface area contributed by atoms with Crippen molar-refractivity contribution in [2.24, 2.45) is 5.84 Å². The molecule has 1 atom stereocenters. The van der Waals surface area contributed by atoms with Crippen LogP contribution in [0.25, 0.3) is 0 Å². The quantitative estimate of drug-likeness (QED) is 0.489. The van der Waals surface area contributed by atoms with Crippen molar-refractivity contribution in [1.29, 1.82) is 0 Å². The standard InChI is InChI=1S/C11H13F5N2/c12-8-3-7(4-9(13)6-8)5-10(18-17)1-2-11(14,15)16/h3-4,6,10,18H,1-2,5,17H2. The second-order valence-corrected chi connectivity index (χ2v) is 4.00. The predicted octanol–water partition coefficient (Wildman–Crippen LogP) is 2.68. The van der Waals surface area contributed by atoms with Crippen LogP contribution in [0.15, 0.2) is 18.2 Å². The molecule has 7 heteroatoms. The van der Waals surface area contributed by atoms with Gasteiger partial charge in [-0.3, -0.25) is 11.3 Å². The molecule has 102 valence electrons. The molecule has 0 fully saturated rings. The lowest BCUT2D eigenvalue weighted by Gasteiger charge is -2.17. The minimum Gasteiger partial charge on any atom is -0.271 e. The molecule has 0 bridgehead atoms. The van der Waals surface area contributed by atoms with E-state index >= 15 is 0 Å². The van der Waals surface area contributed by atoms with Gasteiger partial charge in [0.1, 0.15) is 11.6 Å². The van der Waals surface area contributed by atoms with Crippen LogP contribution in [0.3, 0.4) is 0 Å². The van der Waals surface area contributed by atoms with Crippen LogP contribution in [0.1, 0.15) is 18.4 Å². The number of halogens is 5. The van der Waals surface area contributed by atoms with Gasteiger partial charge < -0.3 is 0 Å². The fourth-order valence-electron chi connectivity index (χ4n) is 1.60. The Kier molecular flexibility index (Phi) is 5.03. The summed E-state index contributed by atoms with van der Waals surface area (Å²) in [5.74, 6) is 3.59. The Morgan fingerprint density at radius 1 is 1.11 bits per heavy atom. The molecule has 1 aromatic rings. The molecular weight excluding hydrogens is 255 g/mol. The van der Waals surface area contributed by atoms with Crippen molar-refractivity contribution in [2.75, 3.05) is 0 Å². The second-order valence-electron chi connectivity index (χ2n) is 4.00. The number of nitrogens with two attached hydrogens (primary N) is 1. The van der Waals surface area contributed by atoms with E-state index in [2.05, 4.69) is 5.43 Å². The van der Waals surface area contributed by atoms with Gasteiger partial charge in [-0.05, 0) is 30.5 Å². The van der Waals surface area contributed by atoms with E-state index in [1.54, 1.807) is 0 Å². The molecule has 0 spiro atoms. The molecule has 1 aromatic carbocycles. The number of benzene rings is 1. The molecular formula is C11H13F5N2. The van der Waals surface area contributed by atoms with E-state index in [1.807, 2.05) is 0 Å². The fraction of sp³-hybridized carbons (Fsp3) is 0.455. The molecule has 18 heavy (non-hydrogen) atoms. The molecule has 0 aliphatic heterocycles. The topological polar surface area (TPSA) is 38.0 Å². The van der Waals surface area contributed by atoms with Crippen LogP contribution in [-0.2, 0) is 6.42 Å². The summed E-state index contributed by atoms with van der Waals surface area (Å²) in [7, 11) is 0. The van der Waals surface area contributed by atoms with Crippen molar-refractivity contribution in [3.05, 3.63) is 35.4 Å². The molecule has 0 saturated heterocycles. The molecule has 0 aromatic heterocycles. The first-order valence-corrected chi connectivity index (χ1v) is 5.28. The summed E-state index contributed by atoms with van der Waals surface area (Å²) in [6, 6.07) is 2.15. The molecule has 0 heterocycles. The van der Waals surface area contributed by atoms with Gasteiger partial charge in [-0.2, -0.15) is 13.2 Å². The highest BCUT2D eigenvalue weighted by atomic mass is 19.4. The van der Waals surface area contributed by atoms with Crippen LogP contribution in [0.2, 0.25) is 0 Å². The lowest BCUT2D eigenvalue weighted by molar-refractivity contribution is -0.136. The van der Waals surface area contributed by atoms with Crippen molar-refractivity contribution in [1.82, 2.24) is 5.43 Å². The average molecular weight is 268 g/mol. The summed E-state index contributed by atoms with van der Waals surface area (Å²) in [5.41, 5.74) is 2.48. The molecule has 0 amide bonds. The zero-order chi connectivity index (χ0) is 13.8. The highest BCUT2D eigenvalue weighted by Gasteiger charge is 2.28. The Morgan fingerprint density at radius 3 is 2.11 bits per heavy atom. The van der Waals surface area contributed by atoms with Gasteiger partial charge in [0.25, 0.3) is 0 Å². The van der Waals surface area contributed by atoms with Crippen LogP contribution in [0.4, 0.5) is 22.0 Å². The van der Waals surface area contributed by atoms with Crippen molar-refractivity contribution >= 4 is 0 Å². The lowest BCUT2D eigenvalue weighted by Crippen LogP contribution is -2.37. The third-order valence-electron chi connectivity index (χ3n) is 2.42. The Hall–Kier alpha value is -1.21. The molecule has 3 N–H and O–H groups in total. The van der Waals surface area contributed by atoms with Gasteiger partial charge >= 0.3 is 6.18 Å². The largest absolute Gasteiger partial charge is 0.389 e. The molecule has 2 nitrogen and oxygen atoms in total. The van der Waals surface area contributed by atoms with Crippen LogP contribution >= 0.6 is 0 Å². The molecule has 0 aliphatic carbocycles. The monoisotopic (exact) mass is 268 g/mol. The maximum Gasteiger partial charge on any atom is 0.389 e. The number of rotatable bonds is 5. The first kappa shape index (κ1) is 14.8. The Bertz CT molecular complexity index is 371. The van der Waals surface area contributed by atoms with Crippen LogP contribution in [0, 0.1) is 11.6 Å². The van der Waals surface area contributed by atoms with E-state index in [4.69, 9.17) is 5.84 Å². The average Bonchev–Trinajstić information content (AvgIpc) is 2.21. The maximum absolute atomic E-state index is 12.9. The number of hydrogen-bond donors (Lipinski definition) is 2. The molecule has 1 unspecified atom stereocenters. The smallest absolute Gasteiger partial charge is 0.271 e. The summed E-state index contributed by atoms with van der Waals surface area (Å²) < 4.78 is 61.9. The predicted molar refractivity (Wildman–Crippen MR) is 56.5 cm³/mol. The van der Waals surface area contributed by atoms with Crippen molar-refractivity contribution in [3.63, 3.8) is 0 Å². The maximum atomic E-state index is 12.9. The van der Waals surface area contributed by atoms with Crippen LogP contribution in [0.5, 0.6) is 0 Å². The van der Waals surface area contributed by atoms with Gasteiger partial charge in [-0.15, -0.1) is 0 Å². The number of hydrogen-bond acceptors (Lipinski definition) is 2. The minimum absolute atomic E-state index is 0.0290. The summed E-state index contributed by atoms with van der Waals surface area (Å²) in [4.78, 5) is 0. The molecule has 0 saturated carbocycles. The van der Waals surface area contributed by atoms with Crippen molar-refractivity contribution in [3.8, 4) is 0 Å². The van der Waals surface area contributed by atoms with Crippen LogP contribution < -0.4 is 11.3 Å². The fourth-order valence-corrected chi connectivity index (χ4v) is 1.60. The van der Waals surface area contributed by atoms with Crippen molar-refractivity contribution in [2.45, 2.75) is 31.5 Å². The van der Waals surface area contributed by atoms with Crippen molar-refractivity contribution < 1.29 is 22.0 Å². The summed E-state index contributed by atoms with van der Waals surface area (Å²) in [6.07, 6.45) is -5.50. The SMILES string of the molecule is NNC(CCC(F)(F)F)Cc1cc(F)cc(F)c1. The first-order chi connectivity index (χ1) is 8.30. The van der Waals surface area contributed by atoms with E-state index in [0.717, 1.165) is 12.1 Å². The lowest BCUT2D eigenvalue weighted by atomic mass is 10.0. The zero-order valence-corrected chi connectivity index (χ0v) is 9.40. The van der Waals surface area contributed by atoms with E-state index in [1.165, 1.54) is 0 Å². The summed E-state index contributed by atoms with van der Waals surface area (Å²) >= 11 is 0. The summed E-state index contributed by atoms with van der Waals surface area (Å²) in [5, 5.41) is 0. The second kappa shape index (κ2) is 6.10. The Labute approximate surface area is 101 Å². The Morgan fingerprint density at radius 2 is 1.67 bits per heavy atom. The minimum atomic E-state index is -4.28. The third-order valence-corrected chi connectivity index (χ3v) is 2.42. The molecule has 1 rings (SSSR count). The van der Waals surface area contributed by atoms with Gasteiger partial charge in [-0.1, -0.05) is 0 Å². The van der Waals surface area contributed by atoms with E-state index in [-0.39, 0.29) is 18.4 Å². The first-order valence-electron chi connectivity index (χ1n) is 5.28. The number of hydrazine groups is 1. The van der Waals surface area contributed by atoms with Crippen LogP contribution in [-0.4, -0.2) is 12.2 Å². The highest BCUT2D eigenvalue weighted by Crippen LogP contribution is 2.23. The van der Waals surface area contributed by atoms with Gasteiger partial charge in [0, 0.05) is 18.5 Å². The van der Waals surface area contributed by atoms with Gasteiger partial charge in [0.15, 0.2) is 0 Å². The molecule has 0 aliphatic rings. The normalized spacial score (nSPS) is 13.7. The van der Waals surface area contributed by atoms with E-state index in [9.17, 15) is 22.0 Å². The summed E-state index contributed by atoms with van der Waals surface area (Å²) in [6.45, 7) is 0. The van der Waals surface area contributed by atoms with E-state index < -0.39 is 30.3 Å². The van der Waals surface area contributed by atoms with E-state index in [0.29, 0.717) is 6.07 Å². The third kappa shape index (κ3) is 5.42. The van der Waals surface area contributed by atoms with Gasteiger partial charge in [-0.25, -0.2) is 8.78 Å². The Balaban J connectivity index is 2.62. The number of alkyl halides is 3.